The summed E-state index contributed by atoms with van der Waals surface area (Å²) in [6, 6.07) is 7.15. The van der Waals surface area contributed by atoms with Gasteiger partial charge in [-0.25, -0.2) is 4.79 Å². The molecule has 0 aliphatic rings. The van der Waals surface area contributed by atoms with Gasteiger partial charge in [0.05, 0.1) is 12.7 Å². The molecule has 0 saturated carbocycles. The standard InChI is InChI=1S/C11H13NO2/c1-3-7-12-10-6-4-5-9(8-10)11(13)14-2/h3-6,8,12H,1,7H2,2H3. The SMILES string of the molecule is C=CCNc1cccc(C(=O)OC)c1. The Morgan fingerprint density at radius 3 is 3.07 bits per heavy atom. The fourth-order valence-electron chi connectivity index (χ4n) is 1.06. The van der Waals surface area contributed by atoms with Crippen LogP contribution in [-0.4, -0.2) is 19.6 Å². The number of benzene rings is 1. The maximum absolute atomic E-state index is 11.2. The highest BCUT2D eigenvalue weighted by atomic mass is 16.5. The van der Waals surface area contributed by atoms with Crippen LogP contribution in [0.5, 0.6) is 0 Å². The number of carbonyl (C=O) groups excluding carboxylic acids is 1. The Kier molecular flexibility index (Phi) is 3.73. The third-order valence-electron chi connectivity index (χ3n) is 1.73. The molecule has 14 heavy (non-hydrogen) atoms. The predicted molar refractivity (Wildman–Crippen MR) is 56.5 cm³/mol. The largest absolute Gasteiger partial charge is 0.465 e. The van der Waals surface area contributed by atoms with Gasteiger partial charge in [-0.3, -0.25) is 0 Å². The number of esters is 1. The minimum Gasteiger partial charge on any atom is -0.465 e. The van der Waals surface area contributed by atoms with E-state index in [1.807, 2.05) is 6.07 Å². The van der Waals surface area contributed by atoms with E-state index in [0.717, 1.165) is 5.69 Å². The van der Waals surface area contributed by atoms with Gasteiger partial charge in [0.2, 0.25) is 0 Å². The minimum atomic E-state index is -0.327. The second-order valence-electron chi connectivity index (χ2n) is 2.74. The minimum absolute atomic E-state index is 0.327. The molecule has 0 aliphatic heterocycles. The Hall–Kier alpha value is -1.77. The maximum atomic E-state index is 11.2. The summed E-state index contributed by atoms with van der Waals surface area (Å²) >= 11 is 0. The van der Waals surface area contributed by atoms with Crippen molar-refractivity contribution in [3.63, 3.8) is 0 Å². The van der Waals surface area contributed by atoms with Gasteiger partial charge in [-0.15, -0.1) is 6.58 Å². The zero-order valence-electron chi connectivity index (χ0n) is 8.12. The summed E-state index contributed by atoms with van der Waals surface area (Å²) in [7, 11) is 1.37. The van der Waals surface area contributed by atoms with Crippen LogP contribution < -0.4 is 5.32 Å². The van der Waals surface area contributed by atoms with Crippen LogP contribution in [-0.2, 0) is 4.74 Å². The Bertz CT molecular complexity index is 334. The quantitative estimate of drug-likeness (QED) is 0.585. The monoisotopic (exact) mass is 191 g/mol. The van der Waals surface area contributed by atoms with Crippen molar-refractivity contribution in [3.8, 4) is 0 Å². The van der Waals surface area contributed by atoms with Gasteiger partial charge in [0.1, 0.15) is 0 Å². The smallest absolute Gasteiger partial charge is 0.337 e. The van der Waals surface area contributed by atoms with Crippen LogP contribution in [0.25, 0.3) is 0 Å². The Morgan fingerprint density at radius 2 is 2.43 bits per heavy atom. The molecule has 0 fully saturated rings. The van der Waals surface area contributed by atoms with E-state index >= 15 is 0 Å². The summed E-state index contributed by atoms with van der Waals surface area (Å²) in [6.07, 6.45) is 1.75. The van der Waals surface area contributed by atoms with Crippen molar-refractivity contribution in [2.24, 2.45) is 0 Å². The van der Waals surface area contributed by atoms with E-state index in [9.17, 15) is 4.79 Å². The molecule has 1 aromatic carbocycles. The highest BCUT2D eigenvalue weighted by Gasteiger charge is 2.04. The molecule has 0 spiro atoms. The molecule has 0 radical (unpaired) electrons. The van der Waals surface area contributed by atoms with E-state index in [2.05, 4.69) is 16.6 Å². The van der Waals surface area contributed by atoms with Crippen LogP contribution in [0.2, 0.25) is 0 Å². The van der Waals surface area contributed by atoms with Crippen LogP contribution in [0.15, 0.2) is 36.9 Å². The van der Waals surface area contributed by atoms with Crippen LogP contribution in [0.3, 0.4) is 0 Å². The molecule has 0 amide bonds. The summed E-state index contributed by atoms with van der Waals surface area (Å²) in [5.74, 6) is -0.327. The molecule has 3 nitrogen and oxygen atoms in total. The lowest BCUT2D eigenvalue weighted by Gasteiger charge is -2.04. The van der Waals surface area contributed by atoms with Crippen molar-refractivity contribution in [1.82, 2.24) is 0 Å². The highest BCUT2D eigenvalue weighted by Crippen LogP contribution is 2.10. The molecular formula is C11H13NO2. The maximum Gasteiger partial charge on any atom is 0.337 e. The van der Waals surface area contributed by atoms with Crippen LogP contribution >= 0.6 is 0 Å². The van der Waals surface area contributed by atoms with Gasteiger partial charge in [0.15, 0.2) is 0 Å². The second kappa shape index (κ2) is 5.07. The zero-order chi connectivity index (χ0) is 10.4. The molecule has 0 aromatic heterocycles. The number of hydrogen-bond acceptors (Lipinski definition) is 3. The number of carbonyl (C=O) groups is 1. The summed E-state index contributed by atoms with van der Waals surface area (Å²) in [5, 5.41) is 3.09. The molecule has 0 bridgehead atoms. The summed E-state index contributed by atoms with van der Waals surface area (Å²) in [4.78, 5) is 11.2. The Morgan fingerprint density at radius 1 is 1.64 bits per heavy atom. The number of hydrogen-bond donors (Lipinski definition) is 1. The van der Waals surface area contributed by atoms with E-state index in [4.69, 9.17) is 0 Å². The number of rotatable bonds is 4. The molecule has 74 valence electrons. The normalized spacial score (nSPS) is 9.21. The van der Waals surface area contributed by atoms with Gasteiger partial charge in [-0.05, 0) is 18.2 Å². The first kappa shape index (κ1) is 10.3. The number of methoxy groups -OCH3 is 1. The molecule has 1 N–H and O–H groups in total. The first-order valence-corrected chi connectivity index (χ1v) is 4.31. The fraction of sp³-hybridized carbons (Fsp3) is 0.182. The lowest BCUT2D eigenvalue weighted by Crippen LogP contribution is -2.03. The van der Waals surface area contributed by atoms with E-state index in [1.54, 1.807) is 24.3 Å². The van der Waals surface area contributed by atoms with Crippen molar-refractivity contribution >= 4 is 11.7 Å². The average Bonchev–Trinajstić information content (AvgIpc) is 2.25. The molecule has 0 heterocycles. The predicted octanol–water partition coefficient (Wildman–Crippen LogP) is 2.07. The first-order valence-electron chi connectivity index (χ1n) is 4.31. The molecule has 1 aromatic rings. The van der Waals surface area contributed by atoms with E-state index in [0.29, 0.717) is 12.1 Å². The van der Waals surface area contributed by atoms with Gasteiger partial charge in [-0.2, -0.15) is 0 Å². The van der Waals surface area contributed by atoms with Gasteiger partial charge in [0.25, 0.3) is 0 Å². The van der Waals surface area contributed by atoms with Gasteiger partial charge in [-0.1, -0.05) is 12.1 Å². The van der Waals surface area contributed by atoms with Gasteiger partial charge < -0.3 is 10.1 Å². The Labute approximate surface area is 83.4 Å². The third kappa shape index (κ3) is 2.62. The van der Waals surface area contributed by atoms with E-state index in [-0.39, 0.29) is 5.97 Å². The summed E-state index contributed by atoms with van der Waals surface area (Å²) < 4.78 is 4.61. The van der Waals surface area contributed by atoms with Crippen molar-refractivity contribution in [3.05, 3.63) is 42.5 Å². The molecular weight excluding hydrogens is 178 g/mol. The summed E-state index contributed by atoms with van der Waals surface area (Å²) in [6.45, 7) is 4.27. The van der Waals surface area contributed by atoms with Crippen LogP contribution in [0.1, 0.15) is 10.4 Å². The molecule has 0 aliphatic carbocycles. The molecule has 0 unspecified atom stereocenters. The number of ether oxygens (including phenoxy) is 1. The second-order valence-corrected chi connectivity index (χ2v) is 2.74. The average molecular weight is 191 g/mol. The number of nitrogens with one attached hydrogen (secondary N) is 1. The van der Waals surface area contributed by atoms with Crippen molar-refractivity contribution in [2.45, 2.75) is 0 Å². The molecule has 0 saturated heterocycles. The van der Waals surface area contributed by atoms with E-state index < -0.39 is 0 Å². The Balaban J connectivity index is 2.78. The van der Waals surface area contributed by atoms with Crippen molar-refractivity contribution in [2.75, 3.05) is 19.0 Å². The first-order chi connectivity index (χ1) is 6.77. The molecule has 1 rings (SSSR count). The van der Waals surface area contributed by atoms with Crippen LogP contribution in [0, 0.1) is 0 Å². The fourth-order valence-corrected chi connectivity index (χ4v) is 1.06. The molecule has 0 atom stereocenters. The topological polar surface area (TPSA) is 38.3 Å². The van der Waals surface area contributed by atoms with Crippen LogP contribution in [0.4, 0.5) is 5.69 Å². The lowest BCUT2D eigenvalue weighted by atomic mass is 10.2. The summed E-state index contributed by atoms with van der Waals surface area (Å²) in [5.41, 5.74) is 1.43. The van der Waals surface area contributed by atoms with Gasteiger partial charge >= 0.3 is 5.97 Å². The van der Waals surface area contributed by atoms with Gasteiger partial charge in [0, 0.05) is 12.2 Å². The lowest BCUT2D eigenvalue weighted by molar-refractivity contribution is 0.0601. The van der Waals surface area contributed by atoms with Crippen molar-refractivity contribution < 1.29 is 9.53 Å². The van der Waals surface area contributed by atoms with Crippen molar-refractivity contribution in [1.29, 1.82) is 0 Å². The number of anilines is 1. The van der Waals surface area contributed by atoms with E-state index in [1.165, 1.54) is 7.11 Å². The third-order valence-corrected chi connectivity index (χ3v) is 1.73. The highest BCUT2D eigenvalue weighted by molar-refractivity contribution is 5.90. The molecule has 3 heteroatoms. The zero-order valence-corrected chi connectivity index (χ0v) is 8.12.